The van der Waals surface area contributed by atoms with Gasteiger partial charge in [0.1, 0.15) is 5.75 Å². The summed E-state index contributed by atoms with van der Waals surface area (Å²) in [5.41, 5.74) is 3.71. The van der Waals surface area contributed by atoms with Gasteiger partial charge >= 0.3 is 0 Å². The van der Waals surface area contributed by atoms with Crippen molar-refractivity contribution in [2.45, 2.75) is 40.0 Å². The molecule has 0 heterocycles. The SMILES string of the molecule is CCC(C)c1ccc(OCC(=O)NN=CC(C)C)cc1. The molecule has 1 aromatic rings. The minimum atomic E-state index is -0.257. The van der Waals surface area contributed by atoms with Gasteiger partial charge in [-0.05, 0) is 36.0 Å². The first-order chi connectivity index (χ1) is 9.52. The van der Waals surface area contributed by atoms with E-state index in [1.165, 1.54) is 5.56 Å². The second-order valence-electron chi connectivity index (χ2n) is 5.22. The summed E-state index contributed by atoms with van der Waals surface area (Å²) < 4.78 is 5.41. The van der Waals surface area contributed by atoms with Crippen LogP contribution in [0.2, 0.25) is 0 Å². The smallest absolute Gasteiger partial charge is 0.277 e. The van der Waals surface area contributed by atoms with Gasteiger partial charge in [0.15, 0.2) is 6.61 Å². The molecule has 4 heteroatoms. The van der Waals surface area contributed by atoms with Crippen molar-refractivity contribution >= 4 is 12.1 Å². The van der Waals surface area contributed by atoms with Crippen LogP contribution in [0.1, 0.15) is 45.6 Å². The molecule has 0 aromatic heterocycles. The van der Waals surface area contributed by atoms with Gasteiger partial charge in [0.2, 0.25) is 0 Å². The number of carbonyl (C=O) groups is 1. The van der Waals surface area contributed by atoms with Crippen LogP contribution >= 0.6 is 0 Å². The van der Waals surface area contributed by atoms with E-state index in [9.17, 15) is 4.79 Å². The summed E-state index contributed by atoms with van der Waals surface area (Å²) in [6.07, 6.45) is 2.79. The minimum absolute atomic E-state index is 0.0296. The number of nitrogens with zero attached hydrogens (tertiary/aromatic N) is 1. The van der Waals surface area contributed by atoms with Crippen molar-refractivity contribution in [2.24, 2.45) is 11.0 Å². The normalized spacial score (nSPS) is 12.7. The monoisotopic (exact) mass is 276 g/mol. The van der Waals surface area contributed by atoms with E-state index in [2.05, 4.69) is 24.4 Å². The van der Waals surface area contributed by atoms with Crippen LogP contribution in [0.5, 0.6) is 5.75 Å². The van der Waals surface area contributed by atoms with Crippen molar-refractivity contribution < 1.29 is 9.53 Å². The van der Waals surface area contributed by atoms with Crippen LogP contribution in [0.4, 0.5) is 0 Å². The highest BCUT2D eigenvalue weighted by molar-refractivity contribution is 5.78. The quantitative estimate of drug-likeness (QED) is 0.613. The summed E-state index contributed by atoms with van der Waals surface area (Å²) in [7, 11) is 0. The first kappa shape index (κ1) is 16.2. The zero-order chi connectivity index (χ0) is 15.0. The Morgan fingerprint density at radius 1 is 1.30 bits per heavy atom. The van der Waals surface area contributed by atoms with E-state index in [1.807, 2.05) is 38.1 Å². The van der Waals surface area contributed by atoms with Crippen LogP contribution in [-0.2, 0) is 4.79 Å². The van der Waals surface area contributed by atoms with Gasteiger partial charge in [-0.2, -0.15) is 5.10 Å². The topological polar surface area (TPSA) is 50.7 Å². The van der Waals surface area contributed by atoms with Gasteiger partial charge in [-0.1, -0.05) is 39.8 Å². The first-order valence-electron chi connectivity index (χ1n) is 7.07. The van der Waals surface area contributed by atoms with Crippen LogP contribution in [0, 0.1) is 5.92 Å². The van der Waals surface area contributed by atoms with E-state index in [1.54, 1.807) is 6.21 Å². The third kappa shape index (κ3) is 5.87. The largest absolute Gasteiger partial charge is 0.484 e. The molecule has 1 atom stereocenters. The number of amides is 1. The number of rotatable bonds is 7. The molecule has 0 saturated heterocycles. The van der Waals surface area contributed by atoms with Crippen LogP contribution < -0.4 is 10.2 Å². The van der Waals surface area contributed by atoms with Crippen molar-refractivity contribution in [2.75, 3.05) is 6.61 Å². The van der Waals surface area contributed by atoms with Gasteiger partial charge in [0.25, 0.3) is 5.91 Å². The van der Waals surface area contributed by atoms with Gasteiger partial charge in [-0.25, -0.2) is 5.43 Å². The Labute approximate surface area is 121 Å². The van der Waals surface area contributed by atoms with Crippen molar-refractivity contribution in [3.05, 3.63) is 29.8 Å². The Hall–Kier alpha value is -1.84. The second kappa shape index (κ2) is 8.35. The van der Waals surface area contributed by atoms with Gasteiger partial charge in [0, 0.05) is 6.21 Å². The average Bonchev–Trinajstić information content (AvgIpc) is 2.44. The molecule has 0 aliphatic rings. The standard InChI is InChI=1S/C16H24N2O2/c1-5-13(4)14-6-8-15(9-7-14)20-11-16(19)18-17-10-12(2)3/h6-10,12-13H,5,11H2,1-4H3,(H,18,19). The predicted molar refractivity (Wildman–Crippen MR) is 82.1 cm³/mol. The zero-order valence-corrected chi connectivity index (χ0v) is 12.7. The van der Waals surface area contributed by atoms with Gasteiger partial charge in [0.05, 0.1) is 0 Å². The lowest BCUT2D eigenvalue weighted by Gasteiger charge is -2.10. The number of hydrazone groups is 1. The maximum Gasteiger partial charge on any atom is 0.277 e. The molecule has 0 bridgehead atoms. The number of hydrogen-bond acceptors (Lipinski definition) is 3. The van der Waals surface area contributed by atoms with E-state index in [0.717, 1.165) is 6.42 Å². The molecule has 0 radical (unpaired) electrons. The number of ether oxygens (including phenoxy) is 1. The summed E-state index contributed by atoms with van der Waals surface area (Å²) in [4.78, 5) is 11.5. The Morgan fingerprint density at radius 2 is 1.95 bits per heavy atom. The highest BCUT2D eigenvalue weighted by Gasteiger charge is 2.04. The highest BCUT2D eigenvalue weighted by atomic mass is 16.5. The number of nitrogens with one attached hydrogen (secondary N) is 1. The predicted octanol–water partition coefficient (Wildman–Crippen LogP) is 3.34. The van der Waals surface area contributed by atoms with Crippen molar-refractivity contribution in [3.8, 4) is 5.75 Å². The highest BCUT2D eigenvalue weighted by Crippen LogP contribution is 2.21. The molecule has 1 unspecified atom stereocenters. The third-order valence-electron chi connectivity index (χ3n) is 2.99. The second-order valence-corrected chi connectivity index (χ2v) is 5.22. The fraction of sp³-hybridized carbons (Fsp3) is 0.500. The molecule has 1 N–H and O–H groups in total. The molecule has 1 amide bonds. The molecule has 20 heavy (non-hydrogen) atoms. The lowest BCUT2D eigenvalue weighted by Crippen LogP contribution is -2.24. The summed E-state index contributed by atoms with van der Waals surface area (Å²) in [6.45, 7) is 8.31. The molecular formula is C16H24N2O2. The molecule has 4 nitrogen and oxygen atoms in total. The average molecular weight is 276 g/mol. The van der Waals surface area contributed by atoms with Crippen LogP contribution in [-0.4, -0.2) is 18.7 Å². The molecule has 0 aliphatic heterocycles. The molecule has 0 spiro atoms. The minimum Gasteiger partial charge on any atom is -0.484 e. The zero-order valence-electron chi connectivity index (χ0n) is 12.7. The first-order valence-corrected chi connectivity index (χ1v) is 7.07. The van der Waals surface area contributed by atoms with E-state index >= 15 is 0 Å². The molecule has 0 aliphatic carbocycles. The van der Waals surface area contributed by atoms with Gasteiger partial charge in [-0.3, -0.25) is 4.79 Å². The molecule has 110 valence electrons. The lowest BCUT2D eigenvalue weighted by atomic mass is 9.99. The maximum absolute atomic E-state index is 11.5. The van der Waals surface area contributed by atoms with Gasteiger partial charge < -0.3 is 4.74 Å². The Morgan fingerprint density at radius 3 is 2.50 bits per heavy atom. The fourth-order valence-electron chi connectivity index (χ4n) is 1.57. The van der Waals surface area contributed by atoms with Gasteiger partial charge in [-0.15, -0.1) is 0 Å². The summed E-state index contributed by atoms with van der Waals surface area (Å²) in [6, 6.07) is 7.87. The summed E-state index contributed by atoms with van der Waals surface area (Å²) in [5.74, 6) is 1.29. The summed E-state index contributed by atoms with van der Waals surface area (Å²) >= 11 is 0. The lowest BCUT2D eigenvalue weighted by molar-refractivity contribution is -0.123. The summed E-state index contributed by atoms with van der Waals surface area (Å²) in [5, 5.41) is 3.83. The molecule has 0 saturated carbocycles. The van der Waals surface area contributed by atoms with E-state index < -0.39 is 0 Å². The van der Waals surface area contributed by atoms with E-state index in [4.69, 9.17) is 4.74 Å². The fourth-order valence-corrected chi connectivity index (χ4v) is 1.57. The maximum atomic E-state index is 11.5. The molecule has 1 aromatic carbocycles. The molecular weight excluding hydrogens is 252 g/mol. The number of benzene rings is 1. The number of hydrogen-bond donors (Lipinski definition) is 1. The van der Waals surface area contributed by atoms with Crippen LogP contribution in [0.25, 0.3) is 0 Å². The molecule has 0 fully saturated rings. The van der Waals surface area contributed by atoms with E-state index in [0.29, 0.717) is 17.6 Å². The van der Waals surface area contributed by atoms with Crippen LogP contribution in [0.15, 0.2) is 29.4 Å². The van der Waals surface area contributed by atoms with Crippen LogP contribution in [0.3, 0.4) is 0 Å². The Kier molecular flexibility index (Phi) is 6.77. The van der Waals surface area contributed by atoms with Crippen molar-refractivity contribution in [1.82, 2.24) is 5.43 Å². The third-order valence-corrected chi connectivity index (χ3v) is 2.99. The molecule has 1 rings (SSSR count). The number of carbonyl (C=O) groups excluding carboxylic acids is 1. The Bertz CT molecular complexity index is 438. The van der Waals surface area contributed by atoms with Crippen molar-refractivity contribution in [1.29, 1.82) is 0 Å². The van der Waals surface area contributed by atoms with Crippen molar-refractivity contribution in [3.63, 3.8) is 0 Å². The van der Waals surface area contributed by atoms with E-state index in [-0.39, 0.29) is 12.5 Å². The Balaban J connectivity index is 2.40.